The second-order valence-corrected chi connectivity index (χ2v) is 5.61. The molecule has 2 atom stereocenters. The minimum atomic E-state index is -0.283. The molecular formula is C16H19N3O2. The van der Waals surface area contributed by atoms with Crippen molar-refractivity contribution in [3.05, 3.63) is 68.5 Å². The van der Waals surface area contributed by atoms with Crippen molar-refractivity contribution in [2.45, 2.75) is 24.9 Å². The highest BCUT2D eigenvalue weighted by Gasteiger charge is 2.37. The maximum atomic E-state index is 11.9. The molecule has 2 unspecified atom stereocenters. The molecule has 0 aliphatic heterocycles. The maximum absolute atomic E-state index is 11.9. The van der Waals surface area contributed by atoms with E-state index in [0.29, 0.717) is 18.5 Å². The van der Waals surface area contributed by atoms with E-state index in [4.69, 9.17) is 0 Å². The molecule has 0 spiro atoms. The van der Waals surface area contributed by atoms with Crippen molar-refractivity contribution in [2.75, 3.05) is 0 Å². The van der Waals surface area contributed by atoms with E-state index >= 15 is 0 Å². The van der Waals surface area contributed by atoms with Crippen LogP contribution in [0.2, 0.25) is 0 Å². The van der Waals surface area contributed by atoms with Crippen molar-refractivity contribution in [1.29, 1.82) is 0 Å². The van der Waals surface area contributed by atoms with Crippen LogP contribution in [0.1, 0.15) is 23.6 Å². The Kier molecular flexibility index (Phi) is 3.51. The summed E-state index contributed by atoms with van der Waals surface area (Å²) in [5.41, 5.74) is 1.52. The third-order valence-electron chi connectivity index (χ3n) is 4.19. The summed E-state index contributed by atoms with van der Waals surface area (Å²) in [6, 6.07) is 12.3. The van der Waals surface area contributed by atoms with Gasteiger partial charge in [0.1, 0.15) is 0 Å². The quantitative estimate of drug-likeness (QED) is 0.901. The fraction of sp³-hybridized carbons (Fsp3) is 0.375. The van der Waals surface area contributed by atoms with E-state index in [1.165, 1.54) is 23.2 Å². The summed E-state index contributed by atoms with van der Waals surface area (Å²) >= 11 is 0. The highest BCUT2D eigenvalue weighted by molar-refractivity contribution is 5.27. The Morgan fingerprint density at radius 2 is 1.86 bits per heavy atom. The van der Waals surface area contributed by atoms with E-state index in [9.17, 15) is 9.59 Å². The summed E-state index contributed by atoms with van der Waals surface area (Å²) in [5, 5.41) is 3.43. The van der Waals surface area contributed by atoms with Crippen LogP contribution in [-0.2, 0) is 20.6 Å². The van der Waals surface area contributed by atoms with E-state index in [1.54, 1.807) is 7.05 Å². The Morgan fingerprint density at radius 1 is 1.14 bits per heavy atom. The summed E-state index contributed by atoms with van der Waals surface area (Å²) in [5.74, 6) is 0.537. The van der Waals surface area contributed by atoms with Crippen LogP contribution in [0, 0.1) is 0 Å². The van der Waals surface area contributed by atoms with Gasteiger partial charge in [0.05, 0.1) is 0 Å². The summed E-state index contributed by atoms with van der Waals surface area (Å²) < 4.78 is 2.64. The monoisotopic (exact) mass is 285 g/mol. The molecule has 0 radical (unpaired) electrons. The Balaban J connectivity index is 1.68. The molecule has 1 aliphatic carbocycles. The zero-order chi connectivity index (χ0) is 15.0. The first kappa shape index (κ1) is 13.8. The van der Waals surface area contributed by atoms with Crippen molar-refractivity contribution in [3.63, 3.8) is 0 Å². The number of hydrogen-bond donors (Lipinski definition) is 1. The molecule has 2 aromatic rings. The number of nitrogens with one attached hydrogen (secondary N) is 1. The molecule has 0 amide bonds. The number of nitrogens with zero attached hydrogens (tertiary/aromatic N) is 2. The fourth-order valence-corrected chi connectivity index (χ4v) is 2.67. The predicted octanol–water partition coefficient (Wildman–Crippen LogP) is 0.730. The molecule has 3 rings (SSSR count). The minimum Gasteiger partial charge on any atom is -0.308 e. The number of benzene rings is 1. The lowest BCUT2D eigenvalue weighted by molar-refractivity contribution is 0.594. The van der Waals surface area contributed by atoms with Gasteiger partial charge < -0.3 is 5.32 Å². The van der Waals surface area contributed by atoms with Crippen molar-refractivity contribution in [2.24, 2.45) is 14.1 Å². The van der Waals surface area contributed by atoms with Gasteiger partial charge in [0.2, 0.25) is 0 Å². The molecule has 0 bridgehead atoms. The lowest BCUT2D eigenvalue weighted by Crippen LogP contribution is -2.39. The lowest BCUT2D eigenvalue weighted by Gasteiger charge is -2.10. The zero-order valence-corrected chi connectivity index (χ0v) is 12.2. The second-order valence-electron chi connectivity index (χ2n) is 5.61. The van der Waals surface area contributed by atoms with Gasteiger partial charge >= 0.3 is 5.69 Å². The third-order valence-corrected chi connectivity index (χ3v) is 4.19. The summed E-state index contributed by atoms with van der Waals surface area (Å²) in [7, 11) is 3.19. The highest BCUT2D eigenvalue weighted by atomic mass is 16.2. The molecular weight excluding hydrogens is 266 g/mol. The van der Waals surface area contributed by atoms with E-state index < -0.39 is 0 Å². The second kappa shape index (κ2) is 5.33. The first-order valence-corrected chi connectivity index (χ1v) is 7.12. The van der Waals surface area contributed by atoms with Gasteiger partial charge in [0.25, 0.3) is 5.56 Å². The van der Waals surface area contributed by atoms with Crippen molar-refractivity contribution >= 4 is 0 Å². The van der Waals surface area contributed by atoms with Crippen molar-refractivity contribution in [1.82, 2.24) is 14.5 Å². The Labute approximate surface area is 122 Å². The molecule has 1 saturated carbocycles. The molecule has 1 fully saturated rings. The van der Waals surface area contributed by atoms with Gasteiger partial charge in [-0.05, 0) is 12.0 Å². The highest BCUT2D eigenvalue weighted by Crippen LogP contribution is 2.40. The molecule has 1 aromatic carbocycles. The normalized spacial score (nSPS) is 20.5. The summed E-state index contributed by atoms with van der Waals surface area (Å²) in [6.45, 7) is 0.538. The molecule has 21 heavy (non-hydrogen) atoms. The molecule has 5 nitrogen and oxygen atoms in total. The van der Waals surface area contributed by atoms with Gasteiger partial charge in [-0.25, -0.2) is 4.79 Å². The third kappa shape index (κ3) is 2.69. The largest absolute Gasteiger partial charge is 0.330 e. The van der Waals surface area contributed by atoms with E-state index in [1.807, 2.05) is 6.07 Å². The van der Waals surface area contributed by atoms with Crippen LogP contribution in [0.3, 0.4) is 0 Å². The molecule has 1 heterocycles. The molecule has 0 saturated heterocycles. The molecule has 110 valence electrons. The molecule has 1 aliphatic rings. The van der Waals surface area contributed by atoms with Crippen LogP contribution in [-0.4, -0.2) is 15.2 Å². The summed E-state index contributed by atoms with van der Waals surface area (Å²) in [4.78, 5) is 23.5. The maximum Gasteiger partial charge on any atom is 0.330 e. The SMILES string of the molecule is Cn1c(CNC2CC2c2ccccc2)cc(=O)n(C)c1=O. The predicted molar refractivity (Wildman–Crippen MR) is 81.4 cm³/mol. The van der Waals surface area contributed by atoms with Gasteiger partial charge in [0.15, 0.2) is 0 Å². The van der Waals surface area contributed by atoms with Crippen LogP contribution >= 0.6 is 0 Å². The van der Waals surface area contributed by atoms with Crippen LogP contribution < -0.4 is 16.6 Å². The van der Waals surface area contributed by atoms with E-state index in [2.05, 4.69) is 29.6 Å². The average molecular weight is 285 g/mol. The topological polar surface area (TPSA) is 56.0 Å². The van der Waals surface area contributed by atoms with Gasteiger partial charge in [-0.15, -0.1) is 0 Å². The lowest BCUT2D eigenvalue weighted by atomic mass is 10.1. The summed E-state index contributed by atoms with van der Waals surface area (Å²) in [6.07, 6.45) is 1.10. The van der Waals surface area contributed by atoms with Gasteiger partial charge in [0, 0.05) is 44.4 Å². The van der Waals surface area contributed by atoms with E-state index in [0.717, 1.165) is 16.7 Å². The average Bonchev–Trinajstić information content (AvgIpc) is 3.28. The first-order chi connectivity index (χ1) is 10.1. The van der Waals surface area contributed by atoms with Crippen LogP contribution in [0.25, 0.3) is 0 Å². The molecule has 1 aromatic heterocycles. The van der Waals surface area contributed by atoms with Gasteiger partial charge in [-0.3, -0.25) is 13.9 Å². The fourth-order valence-electron chi connectivity index (χ4n) is 2.67. The van der Waals surface area contributed by atoms with Crippen molar-refractivity contribution < 1.29 is 0 Å². The Morgan fingerprint density at radius 3 is 2.57 bits per heavy atom. The Bertz CT molecular complexity index is 761. The number of hydrogen-bond acceptors (Lipinski definition) is 3. The van der Waals surface area contributed by atoms with Crippen LogP contribution in [0.4, 0.5) is 0 Å². The number of aromatic nitrogens is 2. The molecule has 1 N–H and O–H groups in total. The smallest absolute Gasteiger partial charge is 0.308 e. The van der Waals surface area contributed by atoms with Gasteiger partial charge in [-0.1, -0.05) is 30.3 Å². The van der Waals surface area contributed by atoms with Crippen molar-refractivity contribution in [3.8, 4) is 0 Å². The zero-order valence-electron chi connectivity index (χ0n) is 12.2. The number of rotatable bonds is 4. The standard InChI is InChI=1S/C16H19N3O2/c1-18-12(8-15(20)19(2)16(18)21)10-17-14-9-13(14)11-6-4-3-5-7-11/h3-8,13-14,17H,9-10H2,1-2H3. The van der Waals surface area contributed by atoms with E-state index in [-0.39, 0.29) is 11.2 Å². The molecule has 5 heteroatoms. The van der Waals surface area contributed by atoms with Crippen LogP contribution in [0.15, 0.2) is 46.0 Å². The minimum absolute atomic E-state index is 0.259. The van der Waals surface area contributed by atoms with Crippen LogP contribution in [0.5, 0.6) is 0 Å². The first-order valence-electron chi connectivity index (χ1n) is 7.12. The van der Waals surface area contributed by atoms with Gasteiger partial charge in [-0.2, -0.15) is 0 Å². The Hall–Kier alpha value is -2.14.